The molecule has 1 nitrogen and oxygen atoms in total. The highest BCUT2D eigenvalue weighted by molar-refractivity contribution is 7.26. The Morgan fingerprint density at radius 2 is 1.22 bits per heavy atom. The molecule has 0 radical (unpaired) electrons. The van der Waals surface area contributed by atoms with Crippen LogP contribution in [0, 0.1) is 0 Å². The number of nitrogens with zero attached hydrogens (tertiary/aromatic N) is 1. The summed E-state index contributed by atoms with van der Waals surface area (Å²) >= 11 is 1.93. The molecule has 0 fully saturated rings. The van der Waals surface area contributed by atoms with Gasteiger partial charge in [-0.2, -0.15) is 0 Å². The summed E-state index contributed by atoms with van der Waals surface area (Å²) in [4.78, 5) is 0. The Labute approximate surface area is 242 Å². The number of para-hydroxylation sites is 2. The lowest BCUT2D eigenvalue weighted by Crippen LogP contribution is -2.14. The second-order valence-electron chi connectivity index (χ2n) is 11.8. The van der Waals surface area contributed by atoms with Crippen molar-refractivity contribution in [2.45, 2.75) is 19.3 Å². The molecular weight excluding hydrogens is 515 g/mol. The molecule has 41 heavy (non-hydrogen) atoms. The molecule has 2 aromatic heterocycles. The second kappa shape index (κ2) is 8.19. The first-order valence-corrected chi connectivity index (χ1v) is 15.1. The number of fused-ring (bicyclic) bond motifs is 10. The standard InChI is InChI=1S/C39H27NS/c1-39(2)32-21-20-30-29-13-7-9-15-36(29)41-38(30)37(32)31-19-17-24(22-33(31)39)25-16-18-28-27-12-6-8-14-34(27)40(35(28)23-25)26-10-4-3-5-11-26/h3-23H,1-2H3. The molecule has 9 rings (SSSR count). The van der Waals surface area contributed by atoms with Crippen LogP contribution >= 0.6 is 11.3 Å². The summed E-state index contributed by atoms with van der Waals surface area (Å²) in [5, 5.41) is 5.31. The smallest absolute Gasteiger partial charge is 0.0547 e. The maximum absolute atomic E-state index is 2.45. The summed E-state index contributed by atoms with van der Waals surface area (Å²) in [6.45, 7) is 4.77. The lowest BCUT2D eigenvalue weighted by atomic mass is 9.81. The van der Waals surface area contributed by atoms with Crippen LogP contribution < -0.4 is 0 Å². The van der Waals surface area contributed by atoms with Crippen LogP contribution in [0.25, 0.3) is 69.9 Å². The third kappa shape index (κ3) is 3.11. The van der Waals surface area contributed by atoms with E-state index in [1.54, 1.807) is 0 Å². The first-order valence-electron chi connectivity index (χ1n) is 14.3. The first kappa shape index (κ1) is 23.1. The lowest BCUT2D eigenvalue weighted by Gasteiger charge is -2.22. The van der Waals surface area contributed by atoms with Crippen LogP contribution in [-0.2, 0) is 5.41 Å². The SMILES string of the molecule is CC1(C)c2cc(-c3ccc4c5ccccc5n(-c5ccccc5)c4c3)ccc2-c2c1ccc1c2sc2ccccc21. The van der Waals surface area contributed by atoms with E-state index in [0.717, 1.165) is 0 Å². The highest BCUT2D eigenvalue weighted by Crippen LogP contribution is 2.54. The van der Waals surface area contributed by atoms with Gasteiger partial charge in [-0.15, -0.1) is 11.3 Å². The molecule has 6 aromatic carbocycles. The summed E-state index contributed by atoms with van der Waals surface area (Å²) in [6.07, 6.45) is 0. The van der Waals surface area contributed by atoms with E-state index >= 15 is 0 Å². The quantitative estimate of drug-likeness (QED) is 0.205. The van der Waals surface area contributed by atoms with Crippen molar-refractivity contribution in [1.29, 1.82) is 0 Å². The maximum Gasteiger partial charge on any atom is 0.0547 e. The molecular formula is C39H27NS. The zero-order chi connectivity index (χ0) is 27.3. The minimum absolute atomic E-state index is 0.0614. The summed E-state index contributed by atoms with van der Waals surface area (Å²) in [7, 11) is 0. The molecule has 8 aromatic rings. The minimum Gasteiger partial charge on any atom is -0.309 e. The largest absolute Gasteiger partial charge is 0.309 e. The summed E-state index contributed by atoms with van der Waals surface area (Å²) in [5.41, 5.74) is 11.8. The second-order valence-corrected chi connectivity index (χ2v) is 12.8. The zero-order valence-corrected chi connectivity index (χ0v) is 23.8. The van der Waals surface area contributed by atoms with E-state index in [1.165, 1.54) is 81.0 Å². The van der Waals surface area contributed by atoms with E-state index in [-0.39, 0.29) is 5.41 Å². The highest BCUT2D eigenvalue weighted by atomic mass is 32.1. The van der Waals surface area contributed by atoms with E-state index in [1.807, 2.05) is 11.3 Å². The molecule has 194 valence electrons. The van der Waals surface area contributed by atoms with Gasteiger partial charge in [0.2, 0.25) is 0 Å². The monoisotopic (exact) mass is 541 g/mol. The number of rotatable bonds is 2. The Hall–Kier alpha value is -4.66. The van der Waals surface area contributed by atoms with Gasteiger partial charge in [0.25, 0.3) is 0 Å². The van der Waals surface area contributed by atoms with Gasteiger partial charge in [0.1, 0.15) is 0 Å². The van der Waals surface area contributed by atoms with E-state index in [0.29, 0.717) is 0 Å². The molecule has 0 saturated heterocycles. The van der Waals surface area contributed by atoms with E-state index in [4.69, 9.17) is 0 Å². The molecule has 0 spiro atoms. The number of thiophene rings is 1. The Balaban J connectivity index is 1.26. The normalized spacial score (nSPS) is 13.8. The molecule has 0 amide bonds. The number of aromatic nitrogens is 1. The predicted octanol–water partition coefficient (Wildman–Crippen LogP) is 11.1. The Bertz CT molecular complexity index is 2330. The Morgan fingerprint density at radius 1 is 0.537 bits per heavy atom. The van der Waals surface area contributed by atoms with Crippen LogP contribution in [0.2, 0.25) is 0 Å². The Morgan fingerprint density at radius 3 is 2.10 bits per heavy atom. The van der Waals surface area contributed by atoms with Crippen LogP contribution in [0.4, 0.5) is 0 Å². The topological polar surface area (TPSA) is 4.93 Å². The first-order chi connectivity index (χ1) is 20.1. The molecule has 0 bridgehead atoms. The average Bonchev–Trinajstić information content (AvgIpc) is 3.63. The van der Waals surface area contributed by atoms with Crippen molar-refractivity contribution < 1.29 is 0 Å². The van der Waals surface area contributed by atoms with Crippen LogP contribution in [0.15, 0.2) is 127 Å². The molecule has 0 saturated carbocycles. The number of hydrogen-bond acceptors (Lipinski definition) is 1. The fourth-order valence-electron chi connectivity index (χ4n) is 7.19. The van der Waals surface area contributed by atoms with E-state index in [9.17, 15) is 0 Å². The molecule has 2 heterocycles. The van der Waals surface area contributed by atoms with Gasteiger partial charge in [0.15, 0.2) is 0 Å². The summed E-state index contributed by atoms with van der Waals surface area (Å²) in [6, 6.07) is 47.1. The van der Waals surface area contributed by atoms with Gasteiger partial charge in [-0.25, -0.2) is 0 Å². The van der Waals surface area contributed by atoms with Crippen molar-refractivity contribution in [3.63, 3.8) is 0 Å². The van der Waals surface area contributed by atoms with Crippen molar-refractivity contribution in [2.75, 3.05) is 0 Å². The molecule has 2 heteroatoms. The van der Waals surface area contributed by atoms with Crippen LogP contribution in [0.5, 0.6) is 0 Å². The zero-order valence-electron chi connectivity index (χ0n) is 23.0. The van der Waals surface area contributed by atoms with Crippen molar-refractivity contribution in [2.24, 2.45) is 0 Å². The van der Waals surface area contributed by atoms with Crippen molar-refractivity contribution in [3.8, 4) is 27.9 Å². The van der Waals surface area contributed by atoms with E-state index in [2.05, 4.69) is 146 Å². The maximum atomic E-state index is 2.45. The van der Waals surface area contributed by atoms with Gasteiger partial charge < -0.3 is 4.57 Å². The summed E-state index contributed by atoms with van der Waals surface area (Å²) in [5.74, 6) is 0. The summed E-state index contributed by atoms with van der Waals surface area (Å²) < 4.78 is 5.18. The third-order valence-corrected chi connectivity index (χ3v) is 10.4. The van der Waals surface area contributed by atoms with Crippen LogP contribution in [0.3, 0.4) is 0 Å². The highest BCUT2D eigenvalue weighted by Gasteiger charge is 2.37. The third-order valence-electron chi connectivity index (χ3n) is 9.20. The van der Waals surface area contributed by atoms with Gasteiger partial charge >= 0.3 is 0 Å². The van der Waals surface area contributed by atoms with Crippen LogP contribution in [0.1, 0.15) is 25.0 Å². The Kier molecular flexibility index (Phi) is 4.61. The predicted molar refractivity (Wildman–Crippen MR) is 177 cm³/mol. The molecule has 0 unspecified atom stereocenters. The van der Waals surface area contributed by atoms with Crippen molar-refractivity contribution in [1.82, 2.24) is 4.57 Å². The fraction of sp³-hybridized carbons (Fsp3) is 0.0769. The minimum atomic E-state index is -0.0614. The van der Waals surface area contributed by atoms with Crippen LogP contribution in [-0.4, -0.2) is 4.57 Å². The van der Waals surface area contributed by atoms with Crippen molar-refractivity contribution >= 4 is 53.3 Å². The van der Waals surface area contributed by atoms with Gasteiger partial charge in [0.05, 0.1) is 11.0 Å². The van der Waals surface area contributed by atoms with E-state index < -0.39 is 0 Å². The van der Waals surface area contributed by atoms with Gasteiger partial charge in [-0.1, -0.05) is 105 Å². The average molecular weight is 542 g/mol. The molecule has 0 atom stereocenters. The fourth-order valence-corrected chi connectivity index (χ4v) is 8.45. The lowest BCUT2D eigenvalue weighted by molar-refractivity contribution is 0.661. The molecule has 0 aliphatic heterocycles. The molecule has 1 aliphatic carbocycles. The molecule has 0 N–H and O–H groups in total. The van der Waals surface area contributed by atoms with Gasteiger partial charge in [0, 0.05) is 47.6 Å². The van der Waals surface area contributed by atoms with Gasteiger partial charge in [-0.05, 0) is 64.2 Å². The molecule has 1 aliphatic rings. The number of hydrogen-bond donors (Lipinski definition) is 0. The number of benzene rings is 6. The van der Waals surface area contributed by atoms with Gasteiger partial charge in [-0.3, -0.25) is 0 Å². The van der Waals surface area contributed by atoms with Crippen molar-refractivity contribution in [3.05, 3.63) is 139 Å².